The molecule has 0 aromatic carbocycles. The fourth-order valence-electron chi connectivity index (χ4n) is 2.86. The summed E-state index contributed by atoms with van der Waals surface area (Å²) in [6, 6.07) is 2.34. The summed E-state index contributed by atoms with van der Waals surface area (Å²) in [6.45, 7) is 0. The summed E-state index contributed by atoms with van der Waals surface area (Å²) < 4.78 is 9.77. The molecule has 0 spiro atoms. The van der Waals surface area contributed by atoms with E-state index in [-0.39, 0.29) is 5.76 Å². The van der Waals surface area contributed by atoms with Crippen molar-refractivity contribution in [2.45, 2.75) is 32.1 Å². The number of fused-ring (bicyclic) bond motifs is 1. The molecule has 9 heteroatoms. The average molecular weight is 364 g/mol. The number of amides is 1. The van der Waals surface area contributed by atoms with Gasteiger partial charge in [-0.05, 0) is 37.3 Å². The van der Waals surface area contributed by atoms with Crippen molar-refractivity contribution >= 4 is 34.1 Å². The molecule has 0 bridgehead atoms. The Balaban J connectivity index is 1.92. The molecule has 132 valence electrons. The van der Waals surface area contributed by atoms with E-state index in [0.717, 1.165) is 48.6 Å². The number of nitrogens with zero attached hydrogens (tertiary/aromatic N) is 1. The highest BCUT2D eigenvalue weighted by atomic mass is 32.1. The molecule has 2 aromatic heterocycles. The Labute approximate surface area is 146 Å². The van der Waals surface area contributed by atoms with Gasteiger partial charge in [-0.2, -0.15) is 0 Å². The standard InChI is InChI=1S/C16H16N2O6S/c1-23-16(20)13-9-5-3-2-4-6-11(9)25-15(13)17-14(19)10-7-8-12(24-10)18(21)22/h7-8H,2-6H2,1H3,(H,17,19). The zero-order valence-corrected chi connectivity index (χ0v) is 14.3. The van der Waals surface area contributed by atoms with E-state index in [0.29, 0.717) is 10.6 Å². The molecule has 0 radical (unpaired) electrons. The van der Waals surface area contributed by atoms with Crippen LogP contribution in [-0.4, -0.2) is 23.9 Å². The molecule has 8 nitrogen and oxygen atoms in total. The fraction of sp³-hybridized carbons (Fsp3) is 0.375. The van der Waals surface area contributed by atoms with Crippen molar-refractivity contribution in [3.63, 3.8) is 0 Å². The predicted molar refractivity (Wildman–Crippen MR) is 90.2 cm³/mol. The van der Waals surface area contributed by atoms with Crippen LogP contribution < -0.4 is 5.32 Å². The fourth-order valence-corrected chi connectivity index (χ4v) is 4.13. The second kappa shape index (κ2) is 7.06. The van der Waals surface area contributed by atoms with Gasteiger partial charge in [0.15, 0.2) is 5.76 Å². The summed E-state index contributed by atoms with van der Waals surface area (Å²) in [5, 5.41) is 13.7. The quantitative estimate of drug-likeness (QED) is 0.384. The number of hydrogen-bond acceptors (Lipinski definition) is 7. The smallest absolute Gasteiger partial charge is 0.433 e. The molecule has 0 unspecified atom stereocenters. The van der Waals surface area contributed by atoms with Crippen molar-refractivity contribution < 1.29 is 23.7 Å². The molecule has 1 amide bonds. The van der Waals surface area contributed by atoms with Crippen LogP contribution in [0.15, 0.2) is 16.5 Å². The van der Waals surface area contributed by atoms with Gasteiger partial charge in [-0.1, -0.05) is 6.42 Å². The van der Waals surface area contributed by atoms with Crippen molar-refractivity contribution in [1.29, 1.82) is 0 Å². The van der Waals surface area contributed by atoms with Gasteiger partial charge in [-0.25, -0.2) is 4.79 Å². The van der Waals surface area contributed by atoms with Crippen LogP contribution in [0.3, 0.4) is 0 Å². The molecule has 0 fully saturated rings. The third kappa shape index (κ3) is 3.41. The zero-order chi connectivity index (χ0) is 18.0. The third-order valence-corrected chi connectivity index (χ3v) is 5.24. The molecule has 1 N–H and O–H groups in total. The number of hydrogen-bond donors (Lipinski definition) is 1. The first-order valence-electron chi connectivity index (χ1n) is 7.79. The molecule has 0 aliphatic heterocycles. The lowest BCUT2D eigenvalue weighted by Crippen LogP contribution is -2.14. The Morgan fingerprint density at radius 1 is 1.28 bits per heavy atom. The summed E-state index contributed by atoms with van der Waals surface area (Å²) >= 11 is 1.35. The number of ether oxygens (including phenoxy) is 1. The maximum Gasteiger partial charge on any atom is 0.433 e. The topological polar surface area (TPSA) is 112 Å². The molecule has 2 aromatic rings. The number of methoxy groups -OCH3 is 1. The highest BCUT2D eigenvalue weighted by molar-refractivity contribution is 7.17. The molecule has 1 aliphatic carbocycles. The van der Waals surface area contributed by atoms with E-state index in [1.165, 1.54) is 24.5 Å². The lowest BCUT2D eigenvalue weighted by Gasteiger charge is -2.06. The van der Waals surface area contributed by atoms with Crippen LogP contribution in [0.5, 0.6) is 0 Å². The molecule has 3 rings (SSSR count). The highest BCUT2D eigenvalue weighted by Crippen LogP contribution is 2.38. The van der Waals surface area contributed by atoms with E-state index in [4.69, 9.17) is 9.15 Å². The molecule has 0 saturated carbocycles. The van der Waals surface area contributed by atoms with Crippen LogP contribution in [0.25, 0.3) is 0 Å². The van der Waals surface area contributed by atoms with Gasteiger partial charge in [-0.3, -0.25) is 14.9 Å². The molecule has 0 atom stereocenters. The predicted octanol–water partition coefficient (Wildman–Crippen LogP) is 3.56. The van der Waals surface area contributed by atoms with Crippen molar-refractivity contribution in [3.8, 4) is 0 Å². The first-order valence-corrected chi connectivity index (χ1v) is 8.61. The summed E-state index contributed by atoms with van der Waals surface area (Å²) in [5.41, 5.74) is 1.30. The number of nitrogens with one attached hydrogen (secondary N) is 1. The van der Waals surface area contributed by atoms with E-state index in [9.17, 15) is 19.7 Å². The van der Waals surface area contributed by atoms with Crippen molar-refractivity contribution in [2.75, 3.05) is 12.4 Å². The maximum absolute atomic E-state index is 12.3. The largest absolute Gasteiger partial charge is 0.465 e. The lowest BCUT2D eigenvalue weighted by molar-refractivity contribution is -0.402. The van der Waals surface area contributed by atoms with Gasteiger partial charge in [0, 0.05) is 4.88 Å². The Bertz CT molecular complexity index is 838. The van der Waals surface area contributed by atoms with E-state index >= 15 is 0 Å². The summed E-state index contributed by atoms with van der Waals surface area (Å²) in [7, 11) is 1.30. The van der Waals surface area contributed by atoms with Gasteiger partial charge < -0.3 is 14.5 Å². The number of aryl methyl sites for hydroxylation is 1. The van der Waals surface area contributed by atoms with Gasteiger partial charge in [0.2, 0.25) is 0 Å². The van der Waals surface area contributed by atoms with E-state index in [1.54, 1.807) is 0 Å². The third-order valence-electron chi connectivity index (χ3n) is 4.03. The van der Waals surface area contributed by atoms with Gasteiger partial charge >= 0.3 is 11.9 Å². The maximum atomic E-state index is 12.3. The van der Waals surface area contributed by atoms with Gasteiger partial charge in [0.05, 0.1) is 18.7 Å². The lowest BCUT2D eigenvalue weighted by atomic mass is 10.1. The van der Waals surface area contributed by atoms with E-state index in [1.807, 2.05) is 0 Å². The monoisotopic (exact) mass is 364 g/mol. The minimum atomic E-state index is -0.718. The Hall–Kier alpha value is -2.68. The number of furan rings is 1. The Morgan fingerprint density at radius 3 is 2.72 bits per heavy atom. The normalized spacial score (nSPS) is 13.6. The minimum absolute atomic E-state index is 0.189. The Morgan fingerprint density at radius 2 is 2.04 bits per heavy atom. The number of anilines is 1. The summed E-state index contributed by atoms with van der Waals surface area (Å²) in [5.74, 6) is -1.85. The highest BCUT2D eigenvalue weighted by Gasteiger charge is 2.27. The van der Waals surface area contributed by atoms with Crippen LogP contribution in [0.1, 0.15) is 50.6 Å². The second-order valence-corrected chi connectivity index (χ2v) is 6.71. The van der Waals surface area contributed by atoms with Crippen LogP contribution >= 0.6 is 11.3 Å². The second-order valence-electron chi connectivity index (χ2n) is 5.61. The molecular formula is C16H16N2O6S. The minimum Gasteiger partial charge on any atom is -0.465 e. The van der Waals surface area contributed by atoms with Gasteiger partial charge in [-0.15, -0.1) is 11.3 Å². The molecular weight excluding hydrogens is 348 g/mol. The SMILES string of the molecule is COC(=O)c1c(NC(=O)c2ccc([N+](=O)[O-])o2)sc2c1CCCCC2. The van der Waals surface area contributed by atoms with Gasteiger partial charge in [0.1, 0.15) is 9.92 Å². The molecule has 25 heavy (non-hydrogen) atoms. The van der Waals surface area contributed by atoms with Gasteiger partial charge in [0.25, 0.3) is 5.91 Å². The number of thiophene rings is 1. The summed E-state index contributed by atoms with van der Waals surface area (Å²) in [6.07, 6.45) is 4.72. The zero-order valence-electron chi connectivity index (χ0n) is 13.5. The molecule has 1 aliphatic rings. The first kappa shape index (κ1) is 17.2. The molecule has 0 saturated heterocycles. The van der Waals surface area contributed by atoms with Crippen LogP contribution in [0.2, 0.25) is 0 Å². The number of rotatable bonds is 4. The van der Waals surface area contributed by atoms with Crippen LogP contribution in [0, 0.1) is 10.1 Å². The van der Waals surface area contributed by atoms with Crippen molar-refractivity contribution in [2.24, 2.45) is 0 Å². The Kier molecular flexibility index (Phi) is 4.84. The van der Waals surface area contributed by atoms with E-state index in [2.05, 4.69) is 5.32 Å². The van der Waals surface area contributed by atoms with Crippen molar-refractivity contribution in [3.05, 3.63) is 44.0 Å². The van der Waals surface area contributed by atoms with E-state index < -0.39 is 22.7 Å². The van der Waals surface area contributed by atoms with Crippen LogP contribution in [0.4, 0.5) is 10.9 Å². The summed E-state index contributed by atoms with van der Waals surface area (Å²) in [4.78, 5) is 35.5. The van der Waals surface area contributed by atoms with Crippen molar-refractivity contribution in [1.82, 2.24) is 0 Å². The number of esters is 1. The first-order chi connectivity index (χ1) is 12.0. The number of carbonyl (C=O) groups excluding carboxylic acids is 2. The molecule has 2 heterocycles. The number of nitro groups is 1. The average Bonchev–Trinajstić information content (AvgIpc) is 3.14. The van der Waals surface area contributed by atoms with Crippen LogP contribution in [-0.2, 0) is 17.6 Å². The number of carbonyl (C=O) groups is 2.